The Morgan fingerprint density at radius 1 is 1.37 bits per heavy atom. The fourth-order valence-corrected chi connectivity index (χ4v) is 3.03. The molecule has 2 fully saturated rings. The molecule has 2 rings (SSSR count). The molecule has 1 aliphatic carbocycles. The van der Waals surface area contributed by atoms with Crippen molar-refractivity contribution in [3.05, 3.63) is 0 Å². The van der Waals surface area contributed by atoms with Crippen LogP contribution in [0.25, 0.3) is 0 Å². The summed E-state index contributed by atoms with van der Waals surface area (Å²) in [6, 6.07) is 0.503. The van der Waals surface area contributed by atoms with Gasteiger partial charge in [-0.3, -0.25) is 9.69 Å². The highest BCUT2D eigenvalue weighted by Crippen LogP contribution is 2.28. The number of nitrogens with zero attached hydrogens (tertiary/aromatic N) is 1. The first-order chi connectivity index (χ1) is 8.72. The maximum atomic E-state index is 11.8. The zero-order valence-electron chi connectivity index (χ0n) is 12.1. The Hall–Kier alpha value is -0.320. The third kappa shape index (κ3) is 4.33. The summed E-state index contributed by atoms with van der Waals surface area (Å²) in [5.74, 6) is 0.595. The van der Waals surface area contributed by atoms with Gasteiger partial charge in [-0.1, -0.05) is 6.42 Å². The molecule has 0 bridgehead atoms. The van der Waals surface area contributed by atoms with E-state index in [2.05, 4.69) is 10.2 Å². The lowest BCUT2D eigenvalue weighted by Gasteiger charge is -2.42. The molecule has 1 aliphatic heterocycles. The molecule has 112 valence electrons. The summed E-state index contributed by atoms with van der Waals surface area (Å²) in [5, 5.41) is 3.45. The number of hydrogen-bond donors (Lipinski definition) is 1. The fraction of sp³-hybridized carbons (Fsp3) is 0.929. The number of carbonyl (C=O) groups is 1. The van der Waals surface area contributed by atoms with E-state index in [1.807, 2.05) is 6.92 Å². The number of methoxy groups -OCH3 is 1. The molecule has 1 saturated heterocycles. The number of hydrogen-bond acceptors (Lipinski definition) is 4. The Balaban J connectivity index is 0.00000180. The normalized spacial score (nSPS) is 25.3. The molecule has 1 saturated carbocycles. The zero-order chi connectivity index (χ0) is 13.0. The van der Waals surface area contributed by atoms with Gasteiger partial charge in [0.25, 0.3) is 0 Å². The highest BCUT2D eigenvalue weighted by atomic mass is 35.5. The average Bonchev–Trinajstić information content (AvgIpc) is 2.35. The van der Waals surface area contributed by atoms with Crippen molar-refractivity contribution >= 4 is 18.4 Å². The van der Waals surface area contributed by atoms with Gasteiger partial charge in [-0.25, -0.2) is 0 Å². The van der Waals surface area contributed by atoms with Gasteiger partial charge in [0.15, 0.2) is 0 Å². The minimum Gasteiger partial charge on any atom is -0.468 e. The molecule has 5 heteroatoms. The van der Waals surface area contributed by atoms with E-state index in [4.69, 9.17) is 4.74 Å². The fourth-order valence-electron chi connectivity index (χ4n) is 3.03. The summed E-state index contributed by atoms with van der Waals surface area (Å²) in [6.07, 6.45) is 6.32. The molecule has 19 heavy (non-hydrogen) atoms. The molecule has 0 aromatic rings. The van der Waals surface area contributed by atoms with E-state index >= 15 is 0 Å². The number of ether oxygens (including phenoxy) is 1. The van der Waals surface area contributed by atoms with Crippen LogP contribution >= 0.6 is 12.4 Å². The molecule has 1 heterocycles. The van der Waals surface area contributed by atoms with Crippen LogP contribution in [0, 0.1) is 5.92 Å². The van der Waals surface area contributed by atoms with Crippen molar-refractivity contribution in [3.8, 4) is 0 Å². The lowest BCUT2D eigenvalue weighted by atomic mass is 9.88. The van der Waals surface area contributed by atoms with Crippen LogP contribution in [-0.2, 0) is 9.53 Å². The maximum Gasteiger partial charge on any atom is 0.322 e. The van der Waals surface area contributed by atoms with Crippen molar-refractivity contribution in [2.24, 2.45) is 5.92 Å². The predicted molar refractivity (Wildman–Crippen MR) is 78.7 cm³/mol. The van der Waals surface area contributed by atoms with E-state index in [0.29, 0.717) is 12.0 Å². The Kier molecular flexibility index (Phi) is 7.11. The van der Waals surface area contributed by atoms with E-state index in [9.17, 15) is 4.79 Å². The van der Waals surface area contributed by atoms with Crippen molar-refractivity contribution in [2.45, 2.75) is 51.1 Å². The molecule has 0 amide bonds. The Morgan fingerprint density at radius 2 is 2.11 bits per heavy atom. The van der Waals surface area contributed by atoms with Crippen molar-refractivity contribution in [3.63, 3.8) is 0 Å². The number of nitrogens with one attached hydrogen (secondary N) is 1. The molecule has 0 aromatic heterocycles. The van der Waals surface area contributed by atoms with Gasteiger partial charge in [0, 0.05) is 12.6 Å². The number of rotatable bonds is 5. The molecule has 2 aliphatic rings. The summed E-state index contributed by atoms with van der Waals surface area (Å²) in [5.41, 5.74) is 0. The van der Waals surface area contributed by atoms with Gasteiger partial charge in [-0.15, -0.1) is 12.4 Å². The van der Waals surface area contributed by atoms with Crippen molar-refractivity contribution in [1.29, 1.82) is 0 Å². The minimum absolute atomic E-state index is 0. The smallest absolute Gasteiger partial charge is 0.322 e. The predicted octanol–water partition coefficient (Wildman–Crippen LogP) is 1.82. The van der Waals surface area contributed by atoms with Crippen LogP contribution in [0.3, 0.4) is 0 Å². The number of esters is 1. The first kappa shape index (κ1) is 16.7. The second kappa shape index (κ2) is 8.08. The average molecular weight is 291 g/mol. The highest BCUT2D eigenvalue weighted by molar-refractivity contribution is 5.85. The van der Waals surface area contributed by atoms with Crippen LogP contribution in [-0.4, -0.2) is 49.7 Å². The third-order valence-corrected chi connectivity index (χ3v) is 4.45. The molecular weight excluding hydrogens is 264 g/mol. The van der Waals surface area contributed by atoms with Crippen molar-refractivity contribution in [2.75, 3.05) is 26.7 Å². The summed E-state index contributed by atoms with van der Waals surface area (Å²) >= 11 is 0. The summed E-state index contributed by atoms with van der Waals surface area (Å²) in [4.78, 5) is 14.1. The second-order valence-corrected chi connectivity index (χ2v) is 5.69. The van der Waals surface area contributed by atoms with Gasteiger partial charge in [0.2, 0.25) is 0 Å². The van der Waals surface area contributed by atoms with Crippen molar-refractivity contribution in [1.82, 2.24) is 10.2 Å². The Morgan fingerprint density at radius 3 is 2.58 bits per heavy atom. The van der Waals surface area contributed by atoms with E-state index in [0.717, 1.165) is 19.6 Å². The zero-order valence-corrected chi connectivity index (χ0v) is 12.9. The summed E-state index contributed by atoms with van der Waals surface area (Å²) < 4.78 is 4.90. The van der Waals surface area contributed by atoms with Crippen LogP contribution in [0.2, 0.25) is 0 Å². The number of carbonyl (C=O) groups excluding carboxylic acids is 1. The van der Waals surface area contributed by atoms with E-state index in [1.54, 1.807) is 0 Å². The second-order valence-electron chi connectivity index (χ2n) is 5.69. The van der Waals surface area contributed by atoms with E-state index in [-0.39, 0.29) is 24.4 Å². The van der Waals surface area contributed by atoms with Gasteiger partial charge in [-0.05, 0) is 51.6 Å². The van der Waals surface area contributed by atoms with Crippen molar-refractivity contribution < 1.29 is 9.53 Å². The quantitative estimate of drug-likeness (QED) is 0.785. The summed E-state index contributed by atoms with van der Waals surface area (Å²) in [6.45, 7) is 5.26. The van der Waals surface area contributed by atoms with E-state index < -0.39 is 0 Å². The van der Waals surface area contributed by atoms with Crippen LogP contribution in [0.1, 0.15) is 39.0 Å². The lowest BCUT2D eigenvalue weighted by Crippen LogP contribution is -2.52. The molecule has 0 spiro atoms. The first-order valence-electron chi connectivity index (χ1n) is 7.26. The highest BCUT2D eigenvalue weighted by Gasteiger charge is 2.33. The minimum atomic E-state index is -0.0952. The molecule has 0 aromatic carbocycles. The van der Waals surface area contributed by atoms with Gasteiger partial charge in [0.05, 0.1) is 7.11 Å². The van der Waals surface area contributed by atoms with Crippen LogP contribution in [0.5, 0.6) is 0 Å². The van der Waals surface area contributed by atoms with Crippen LogP contribution in [0.4, 0.5) is 0 Å². The first-order valence-corrected chi connectivity index (χ1v) is 7.26. The number of piperidine rings is 1. The van der Waals surface area contributed by atoms with Gasteiger partial charge in [-0.2, -0.15) is 0 Å². The SMILES string of the molecule is COC(=O)C(C)N(CC1CCCNC1)C1CCC1.Cl. The third-order valence-electron chi connectivity index (χ3n) is 4.45. The lowest BCUT2D eigenvalue weighted by molar-refractivity contribution is -0.148. The Bertz CT molecular complexity index is 279. The van der Waals surface area contributed by atoms with Gasteiger partial charge < -0.3 is 10.1 Å². The monoisotopic (exact) mass is 290 g/mol. The van der Waals surface area contributed by atoms with Gasteiger partial charge in [0.1, 0.15) is 6.04 Å². The molecule has 0 radical (unpaired) electrons. The molecular formula is C14H27ClN2O2. The summed E-state index contributed by atoms with van der Waals surface area (Å²) in [7, 11) is 1.49. The standard InChI is InChI=1S/C14H26N2O2.ClH/c1-11(14(17)18-2)16(13-6-3-7-13)10-12-5-4-8-15-9-12;/h11-13,15H,3-10H2,1-2H3;1H. The van der Waals surface area contributed by atoms with Crippen LogP contribution < -0.4 is 5.32 Å². The molecule has 2 unspecified atom stereocenters. The van der Waals surface area contributed by atoms with E-state index in [1.165, 1.54) is 39.2 Å². The topological polar surface area (TPSA) is 41.6 Å². The molecule has 4 nitrogen and oxygen atoms in total. The van der Waals surface area contributed by atoms with Gasteiger partial charge >= 0.3 is 5.97 Å². The molecule has 2 atom stereocenters. The number of halogens is 1. The van der Waals surface area contributed by atoms with Crippen LogP contribution in [0.15, 0.2) is 0 Å². The largest absolute Gasteiger partial charge is 0.468 e. The maximum absolute atomic E-state index is 11.8. The molecule has 1 N–H and O–H groups in total. The Labute approximate surface area is 122 Å².